The minimum Gasteiger partial charge on any atom is -0.351 e. The zero-order chi connectivity index (χ0) is 14.5. The average molecular weight is 333 g/mol. The summed E-state index contributed by atoms with van der Waals surface area (Å²) in [6.45, 7) is 6.74. The second-order valence-corrected chi connectivity index (χ2v) is 5.89. The fourth-order valence-electron chi connectivity index (χ4n) is 2.25. The van der Waals surface area contributed by atoms with Gasteiger partial charge in [-0.25, -0.2) is 9.97 Å². The van der Waals surface area contributed by atoms with Gasteiger partial charge in [0.25, 0.3) is 5.91 Å². The van der Waals surface area contributed by atoms with Crippen molar-refractivity contribution in [1.82, 2.24) is 20.6 Å². The van der Waals surface area contributed by atoms with Crippen LogP contribution in [0, 0.1) is 5.92 Å². The van der Waals surface area contributed by atoms with Gasteiger partial charge in [0.1, 0.15) is 11.5 Å². The monoisotopic (exact) mass is 332 g/mol. The molecule has 1 atom stereocenters. The van der Waals surface area contributed by atoms with Crippen LogP contribution < -0.4 is 10.6 Å². The molecule has 2 rings (SSSR count). The second kappa shape index (κ2) is 8.51. The van der Waals surface area contributed by atoms with Gasteiger partial charge in [-0.05, 0) is 31.8 Å². The number of nitrogens with one attached hydrogen (secondary N) is 2. The molecule has 5 nitrogen and oxygen atoms in total. The highest BCUT2D eigenvalue weighted by Gasteiger charge is 2.17. The summed E-state index contributed by atoms with van der Waals surface area (Å²) in [6.07, 6.45) is 3.67. The number of hydrogen-bond donors (Lipinski definition) is 2. The van der Waals surface area contributed by atoms with Crippen molar-refractivity contribution in [2.24, 2.45) is 5.92 Å². The first-order valence-corrected chi connectivity index (χ1v) is 7.47. The zero-order valence-electron chi connectivity index (χ0n) is 12.4. The quantitative estimate of drug-likeness (QED) is 0.868. The highest BCUT2D eigenvalue weighted by Crippen LogP contribution is 2.16. The predicted octanol–water partition coefficient (Wildman–Crippen LogP) is 2.40. The largest absolute Gasteiger partial charge is 0.351 e. The molecule has 0 bridgehead atoms. The molecule has 1 aromatic rings. The first-order valence-electron chi connectivity index (χ1n) is 7.09. The summed E-state index contributed by atoms with van der Waals surface area (Å²) < 4.78 is 0. The lowest BCUT2D eigenvalue weighted by Crippen LogP contribution is -2.28. The Labute approximate surface area is 136 Å². The molecule has 1 fully saturated rings. The van der Waals surface area contributed by atoms with Gasteiger partial charge in [0.05, 0.1) is 11.2 Å². The number of carbonyl (C=O) groups is 1. The summed E-state index contributed by atoms with van der Waals surface area (Å²) in [5.74, 6) is 1.25. The molecule has 1 unspecified atom stereocenters. The fraction of sp³-hybridized carbons (Fsp3) is 0.643. The lowest BCUT2D eigenvalue weighted by molar-refractivity contribution is 0.0946. The van der Waals surface area contributed by atoms with Crippen LogP contribution in [0.25, 0.3) is 0 Å². The number of aromatic nitrogens is 2. The normalized spacial score (nSPS) is 17.6. The van der Waals surface area contributed by atoms with E-state index in [0.717, 1.165) is 19.5 Å². The van der Waals surface area contributed by atoms with Crippen LogP contribution >= 0.6 is 24.0 Å². The maximum absolute atomic E-state index is 12.1. The van der Waals surface area contributed by atoms with Gasteiger partial charge in [-0.3, -0.25) is 4.79 Å². The van der Waals surface area contributed by atoms with Crippen molar-refractivity contribution < 1.29 is 4.79 Å². The van der Waals surface area contributed by atoms with E-state index in [4.69, 9.17) is 11.6 Å². The molecule has 7 heteroatoms. The van der Waals surface area contributed by atoms with Crippen LogP contribution in [0.5, 0.6) is 0 Å². The minimum absolute atomic E-state index is 0. The molecule has 0 aliphatic carbocycles. The van der Waals surface area contributed by atoms with Gasteiger partial charge in [0.15, 0.2) is 0 Å². The summed E-state index contributed by atoms with van der Waals surface area (Å²) in [4.78, 5) is 20.5. The highest BCUT2D eigenvalue weighted by atomic mass is 35.5. The summed E-state index contributed by atoms with van der Waals surface area (Å²) in [5.41, 5.74) is 0.273. The number of hydrogen-bond acceptors (Lipinski definition) is 4. The van der Waals surface area contributed by atoms with Crippen molar-refractivity contribution in [3.63, 3.8) is 0 Å². The Kier molecular flexibility index (Phi) is 7.35. The molecule has 2 heterocycles. The van der Waals surface area contributed by atoms with Crippen molar-refractivity contribution >= 4 is 29.9 Å². The van der Waals surface area contributed by atoms with Crippen molar-refractivity contribution in [2.45, 2.75) is 32.6 Å². The van der Waals surface area contributed by atoms with Gasteiger partial charge in [-0.15, -0.1) is 12.4 Å². The van der Waals surface area contributed by atoms with Crippen LogP contribution in [-0.2, 0) is 0 Å². The third-order valence-corrected chi connectivity index (χ3v) is 3.77. The second-order valence-electron chi connectivity index (χ2n) is 5.48. The smallest absolute Gasteiger partial charge is 0.271 e. The van der Waals surface area contributed by atoms with E-state index < -0.39 is 0 Å². The summed E-state index contributed by atoms with van der Waals surface area (Å²) in [5, 5.41) is 6.51. The standard InChI is InChI=1S/C14H21ClN4O.ClH/c1-9(2)13-18-8-11(15)12(19-13)14(20)17-6-4-10-3-5-16-7-10;/h8-10,16H,3-7H2,1-2H3,(H,17,20);1H. The Balaban J connectivity index is 0.00000220. The predicted molar refractivity (Wildman–Crippen MR) is 86.3 cm³/mol. The van der Waals surface area contributed by atoms with Crippen molar-refractivity contribution in [3.8, 4) is 0 Å². The molecular formula is C14H22Cl2N4O. The Morgan fingerprint density at radius 1 is 1.57 bits per heavy atom. The Morgan fingerprint density at radius 3 is 2.95 bits per heavy atom. The average Bonchev–Trinajstić information content (AvgIpc) is 2.92. The van der Waals surface area contributed by atoms with E-state index in [1.54, 1.807) is 0 Å². The summed E-state index contributed by atoms with van der Waals surface area (Å²) >= 11 is 6.01. The molecule has 0 saturated carbocycles. The lowest BCUT2D eigenvalue weighted by Gasteiger charge is -2.11. The molecule has 1 amide bonds. The van der Waals surface area contributed by atoms with Gasteiger partial charge >= 0.3 is 0 Å². The highest BCUT2D eigenvalue weighted by molar-refractivity contribution is 6.33. The molecule has 1 aliphatic rings. The fourth-order valence-corrected chi connectivity index (χ4v) is 2.43. The third kappa shape index (κ3) is 5.09. The van der Waals surface area contributed by atoms with E-state index in [0.29, 0.717) is 23.3 Å². The molecule has 118 valence electrons. The van der Waals surface area contributed by atoms with Crippen LogP contribution in [-0.4, -0.2) is 35.5 Å². The molecule has 1 aromatic heterocycles. The van der Waals surface area contributed by atoms with E-state index in [1.807, 2.05) is 13.8 Å². The first-order chi connectivity index (χ1) is 9.58. The summed E-state index contributed by atoms with van der Waals surface area (Å²) in [7, 11) is 0. The number of carbonyl (C=O) groups excluding carboxylic acids is 1. The maximum Gasteiger partial charge on any atom is 0.271 e. The van der Waals surface area contributed by atoms with E-state index >= 15 is 0 Å². The maximum atomic E-state index is 12.1. The van der Waals surface area contributed by atoms with Crippen molar-refractivity contribution in [3.05, 3.63) is 22.7 Å². The van der Waals surface area contributed by atoms with Gasteiger partial charge in [0.2, 0.25) is 0 Å². The molecule has 2 N–H and O–H groups in total. The van der Waals surface area contributed by atoms with E-state index in [1.165, 1.54) is 12.6 Å². The molecule has 0 radical (unpaired) electrons. The molecule has 0 spiro atoms. The van der Waals surface area contributed by atoms with Crippen LogP contribution in [0.15, 0.2) is 6.20 Å². The Morgan fingerprint density at radius 2 is 2.33 bits per heavy atom. The molecule has 1 aliphatic heterocycles. The zero-order valence-corrected chi connectivity index (χ0v) is 13.9. The topological polar surface area (TPSA) is 66.9 Å². The van der Waals surface area contributed by atoms with Crippen LogP contribution in [0.4, 0.5) is 0 Å². The van der Waals surface area contributed by atoms with Crippen LogP contribution in [0.1, 0.15) is 48.9 Å². The van der Waals surface area contributed by atoms with Crippen LogP contribution in [0.2, 0.25) is 5.02 Å². The minimum atomic E-state index is -0.217. The number of rotatable bonds is 5. The molecular weight excluding hydrogens is 311 g/mol. The van der Waals surface area contributed by atoms with Gasteiger partial charge in [-0.1, -0.05) is 25.4 Å². The molecule has 21 heavy (non-hydrogen) atoms. The SMILES string of the molecule is CC(C)c1ncc(Cl)c(C(=O)NCCC2CCNC2)n1.Cl. The number of halogens is 2. The van der Waals surface area contributed by atoms with Crippen molar-refractivity contribution in [1.29, 1.82) is 0 Å². The van der Waals surface area contributed by atoms with E-state index in [9.17, 15) is 4.79 Å². The molecule has 1 saturated heterocycles. The number of nitrogens with zero attached hydrogens (tertiary/aromatic N) is 2. The van der Waals surface area contributed by atoms with Gasteiger partial charge < -0.3 is 10.6 Å². The summed E-state index contributed by atoms with van der Waals surface area (Å²) in [6, 6.07) is 0. The number of amides is 1. The van der Waals surface area contributed by atoms with Crippen molar-refractivity contribution in [2.75, 3.05) is 19.6 Å². The Bertz CT molecular complexity index is 476. The third-order valence-electron chi connectivity index (χ3n) is 3.49. The van der Waals surface area contributed by atoms with Gasteiger partial charge in [-0.2, -0.15) is 0 Å². The first kappa shape index (κ1) is 18.1. The van der Waals surface area contributed by atoms with E-state index in [2.05, 4.69) is 20.6 Å². The molecule has 0 aromatic carbocycles. The van der Waals surface area contributed by atoms with Crippen LogP contribution in [0.3, 0.4) is 0 Å². The Hall–Kier alpha value is -0.910. The van der Waals surface area contributed by atoms with Gasteiger partial charge in [0, 0.05) is 12.5 Å². The van der Waals surface area contributed by atoms with E-state index in [-0.39, 0.29) is 29.9 Å². The lowest BCUT2D eigenvalue weighted by atomic mass is 10.1.